The van der Waals surface area contributed by atoms with Gasteiger partial charge in [0.1, 0.15) is 23.3 Å². The molecule has 0 bridgehead atoms. The van der Waals surface area contributed by atoms with Gasteiger partial charge in [-0.25, -0.2) is 19.8 Å². The molecule has 3 heterocycles. The zero-order chi connectivity index (χ0) is 17.8. The molecule has 9 nitrogen and oxygen atoms in total. The number of aryl methyl sites for hydroxylation is 1. The molecule has 0 spiro atoms. The molecule has 1 aromatic heterocycles. The van der Waals surface area contributed by atoms with Crippen LogP contribution in [-0.4, -0.2) is 76.2 Å². The summed E-state index contributed by atoms with van der Waals surface area (Å²) in [7, 11) is 0. The molecule has 1 aromatic rings. The van der Waals surface area contributed by atoms with Crippen LogP contribution in [0.25, 0.3) is 0 Å². The third-order valence-electron chi connectivity index (χ3n) is 4.22. The van der Waals surface area contributed by atoms with Crippen molar-refractivity contribution in [3.05, 3.63) is 23.7 Å². The van der Waals surface area contributed by atoms with Crippen molar-refractivity contribution < 1.29 is 15.0 Å². The van der Waals surface area contributed by atoms with Gasteiger partial charge in [-0.2, -0.15) is 0 Å². The highest BCUT2D eigenvalue weighted by Gasteiger charge is 2.20. The maximum atomic E-state index is 11.0. The van der Waals surface area contributed by atoms with Gasteiger partial charge in [0.15, 0.2) is 0 Å². The lowest BCUT2D eigenvalue weighted by Crippen LogP contribution is -2.47. The molecule has 0 radical (unpaired) electrons. The van der Waals surface area contributed by atoms with Gasteiger partial charge in [0, 0.05) is 51.4 Å². The molecular weight excluding hydrogens is 324 g/mol. The van der Waals surface area contributed by atoms with Gasteiger partial charge >= 0.3 is 5.97 Å². The highest BCUT2D eigenvalue weighted by Crippen LogP contribution is 2.20. The fourth-order valence-corrected chi connectivity index (χ4v) is 2.90. The summed E-state index contributed by atoms with van der Waals surface area (Å²) in [5.41, 5.74) is 0.258. The maximum absolute atomic E-state index is 11.0. The number of hydrogen-bond donors (Lipinski definition) is 3. The van der Waals surface area contributed by atoms with Crippen molar-refractivity contribution in [3.8, 4) is 0 Å². The second-order valence-corrected chi connectivity index (χ2v) is 6.05. The molecule has 134 valence electrons. The second kappa shape index (κ2) is 7.58. The summed E-state index contributed by atoms with van der Waals surface area (Å²) in [4.78, 5) is 28.3. The van der Waals surface area contributed by atoms with Gasteiger partial charge < -0.3 is 20.4 Å². The third-order valence-corrected chi connectivity index (χ3v) is 4.22. The van der Waals surface area contributed by atoms with Crippen molar-refractivity contribution in [3.63, 3.8) is 0 Å². The van der Waals surface area contributed by atoms with Gasteiger partial charge in [-0.3, -0.25) is 4.90 Å². The van der Waals surface area contributed by atoms with Gasteiger partial charge in [0.2, 0.25) is 0 Å². The Bertz CT molecular complexity index is 710. The number of β-amino-alcohol motifs (C(OH)–C–C–N with tert-alkyl or cyclic N) is 1. The van der Waals surface area contributed by atoms with Crippen LogP contribution in [0.3, 0.4) is 0 Å². The number of aliphatic imine (C=N–C) groups is 1. The number of aliphatic hydroxyl groups excluding tert-OH is 1. The van der Waals surface area contributed by atoms with E-state index in [0.29, 0.717) is 24.0 Å². The SMILES string of the molecule is Cc1nc(NC2=NC=C(C(=O)O)C2)cc(N2CCN(CCO)CC2)n1. The van der Waals surface area contributed by atoms with Crippen LogP contribution in [0.5, 0.6) is 0 Å². The summed E-state index contributed by atoms with van der Waals surface area (Å²) in [6, 6.07) is 1.86. The Kier molecular flexibility index (Phi) is 5.25. The predicted octanol–water partition coefficient (Wildman–Crippen LogP) is 0.0819. The van der Waals surface area contributed by atoms with Gasteiger partial charge in [0.05, 0.1) is 12.2 Å². The van der Waals surface area contributed by atoms with Crippen LogP contribution in [0.2, 0.25) is 0 Å². The van der Waals surface area contributed by atoms with Crippen LogP contribution in [0.1, 0.15) is 12.2 Å². The van der Waals surface area contributed by atoms with Crippen molar-refractivity contribution in [1.82, 2.24) is 14.9 Å². The van der Waals surface area contributed by atoms with Gasteiger partial charge in [0.25, 0.3) is 0 Å². The van der Waals surface area contributed by atoms with Crippen molar-refractivity contribution in [1.29, 1.82) is 0 Å². The number of nitrogens with zero attached hydrogens (tertiary/aromatic N) is 5. The molecular formula is C16H22N6O3. The molecule has 25 heavy (non-hydrogen) atoms. The largest absolute Gasteiger partial charge is 0.478 e. The lowest BCUT2D eigenvalue weighted by Gasteiger charge is -2.35. The zero-order valence-corrected chi connectivity index (χ0v) is 14.1. The number of carboxylic acid groups (broad SMARTS) is 1. The fourth-order valence-electron chi connectivity index (χ4n) is 2.90. The number of carbonyl (C=O) groups is 1. The molecule has 0 aliphatic carbocycles. The van der Waals surface area contributed by atoms with E-state index in [-0.39, 0.29) is 18.6 Å². The maximum Gasteiger partial charge on any atom is 0.333 e. The number of aromatic nitrogens is 2. The fraction of sp³-hybridized carbons (Fsp3) is 0.500. The van der Waals surface area contributed by atoms with E-state index in [2.05, 4.69) is 30.1 Å². The number of nitrogens with one attached hydrogen (secondary N) is 1. The molecule has 0 saturated carbocycles. The number of carboxylic acids is 1. The molecule has 1 saturated heterocycles. The number of hydrogen-bond acceptors (Lipinski definition) is 8. The van der Waals surface area contributed by atoms with E-state index in [1.807, 2.05) is 13.0 Å². The van der Waals surface area contributed by atoms with E-state index in [1.54, 1.807) is 0 Å². The Balaban J connectivity index is 1.65. The van der Waals surface area contributed by atoms with Crippen LogP contribution < -0.4 is 10.2 Å². The van der Waals surface area contributed by atoms with E-state index in [1.165, 1.54) is 6.20 Å². The van der Waals surface area contributed by atoms with E-state index in [4.69, 9.17) is 10.2 Å². The minimum absolute atomic E-state index is 0.176. The topological polar surface area (TPSA) is 114 Å². The van der Waals surface area contributed by atoms with Crippen LogP contribution in [0.4, 0.5) is 11.6 Å². The molecule has 3 rings (SSSR count). The Morgan fingerprint density at radius 1 is 1.28 bits per heavy atom. The number of piperazine rings is 1. The summed E-state index contributed by atoms with van der Waals surface area (Å²) in [6.45, 7) is 6.13. The monoisotopic (exact) mass is 346 g/mol. The number of aliphatic hydroxyl groups is 1. The van der Waals surface area contributed by atoms with E-state index >= 15 is 0 Å². The average molecular weight is 346 g/mol. The number of aliphatic carboxylic acids is 1. The van der Waals surface area contributed by atoms with Gasteiger partial charge in [-0.15, -0.1) is 0 Å². The normalized spacial score (nSPS) is 18.1. The number of anilines is 2. The Morgan fingerprint density at radius 3 is 2.68 bits per heavy atom. The van der Waals surface area contributed by atoms with Crippen LogP contribution in [0.15, 0.2) is 22.8 Å². The first kappa shape index (κ1) is 17.3. The summed E-state index contributed by atoms with van der Waals surface area (Å²) < 4.78 is 0. The standard InChI is InChI=1S/C16H22N6O3/c1-11-18-14(20-13-8-12(10-17-13)16(24)25)9-15(19-11)22-4-2-21(3-5-22)6-7-23/h9-10,23H,2-8H2,1H3,(H,24,25)(H,17,18,19,20). The number of rotatable bonds is 5. The molecule has 1 fully saturated rings. The summed E-state index contributed by atoms with van der Waals surface area (Å²) >= 11 is 0. The Morgan fingerprint density at radius 2 is 2.04 bits per heavy atom. The molecule has 0 aromatic carbocycles. The molecule has 0 unspecified atom stereocenters. The third kappa shape index (κ3) is 4.31. The van der Waals surface area contributed by atoms with Crippen LogP contribution in [0, 0.1) is 6.92 Å². The average Bonchev–Trinajstić information content (AvgIpc) is 3.04. The minimum Gasteiger partial charge on any atom is -0.478 e. The summed E-state index contributed by atoms with van der Waals surface area (Å²) in [6.07, 6.45) is 1.62. The van der Waals surface area contributed by atoms with Crippen molar-refractivity contribution in [2.24, 2.45) is 4.99 Å². The van der Waals surface area contributed by atoms with Crippen molar-refractivity contribution in [2.45, 2.75) is 13.3 Å². The molecule has 2 aliphatic heterocycles. The first-order valence-corrected chi connectivity index (χ1v) is 8.25. The lowest BCUT2D eigenvalue weighted by atomic mass is 10.2. The first-order chi connectivity index (χ1) is 12.0. The predicted molar refractivity (Wildman–Crippen MR) is 93.9 cm³/mol. The zero-order valence-electron chi connectivity index (χ0n) is 14.1. The molecule has 0 atom stereocenters. The number of amidine groups is 1. The molecule has 2 aliphatic rings. The van der Waals surface area contributed by atoms with Gasteiger partial charge in [-0.1, -0.05) is 0 Å². The van der Waals surface area contributed by atoms with Gasteiger partial charge in [-0.05, 0) is 6.92 Å². The lowest BCUT2D eigenvalue weighted by molar-refractivity contribution is -0.132. The highest BCUT2D eigenvalue weighted by atomic mass is 16.4. The van der Waals surface area contributed by atoms with E-state index in [9.17, 15) is 4.79 Å². The molecule has 9 heteroatoms. The van der Waals surface area contributed by atoms with Crippen molar-refractivity contribution in [2.75, 3.05) is 49.5 Å². The Labute approximate surface area is 145 Å². The minimum atomic E-state index is -0.958. The van der Waals surface area contributed by atoms with E-state index in [0.717, 1.165) is 32.0 Å². The quantitative estimate of drug-likeness (QED) is 0.687. The summed E-state index contributed by atoms with van der Waals surface area (Å²) in [5, 5.41) is 21.1. The second-order valence-electron chi connectivity index (χ2n) is 6.05. The molecule has 3 N–H and O–H groups in total. The Hall–Kier alpha value is -2.52. The van der Waals surface area contributed by atoms with E-state index < -0.39 is 5.97 Å². The smallest absolute Gasteiger partial charge is 0.333 e. The van der Waals surface area contributed by atoms with Crippen molar-refractivity contribution >= 4 is 23.4 Å². The van der Waals surface area contributed by atoms with Crippen LogP contribution >= 0.6 is 0 Å². The first-order valence-electron chi connectivity index (χ1n) is 8.25. The molecule has 0 amide bonds. The van der Waals surface area contributed by atoms with Crippen LogP contribution in [-0.2, 0) is 4.79 Å². The highest BCUT2D eigenvalue weighted by molar-refractivity contribution is 6.04. The summed E-state index contributed by atoms with van der Waals surface area (Å²) in [5.74, 6) is 1.70.